The Bertz CT molecular complexity index is 186. The maximum atomic E-state index is 9.35. The summed E-state index contributed by atoms with van der Waals surface area (Å²) in [6.07, 6.45) is 8.56. The van der Waals surface area contributed by atoms with E-state index < -0.39 is 0 Å². The van der Waals surface area contributed by atoms with E-state index in [0.29, 0.717) is 6.04 Å². The Morgan fingerprint density at radius 2 is 1.94 bits per heavy atom. The van der Waals surface area contributed by atoms with Crippen LogP contribution in [0.4, 0.5) is 0 Å². The molecule has 0 heterocycles. The summed E-state index contributed by atoms with van der Waals surface area (Å²) in [7, 11) is 0. The molecule has 0 radical (unpaired) electrons. The monoisotopic (exact) mass is 245 g/mol. The van der Waals surface area contributed by atoms with Crippen molar-refractivity contribution in [3.8, 4) is 0 Å². The van der Waals surface area contributed by atoms with Gasteiger partial charge in [-0.1, -0.05) is 13.8 Å². The first-order valence-corrected chi connectivity index (χ1v) is 7.79. The van der Waals surface area contributed by atoms with Crippen LogP contribution < -0.4 is 5.32 Å². The third-order valence-electron chi connectivity index (χ3n) is 4.06. The molecule has 3 heteroatoms. The van der Waals surface area contributed by atoms with Gasteiger partial charge in [0.25, 0.3) is 0 Å². The number of hydrogen-bond acceptors (Lipinski definition) is 3. The van der Waals surface area contributed by atoms with Gasteiger partial charge in [-0.3, -0.25) is 0 Å². The Morgan fingerprint density at radius 1 is 1.31 bits per heavy atom. The smallest absolute Gasteiger partial charge is 0.0496 e. The molecule has 2 nitrogen and oxygen atoms in total. The van der Waals surface area contributed by atoms with Gasteiger partial charge in [-0.05, 0) is 38.4 Å². The molecule has 0 aromatic heterocycles. The van der Waals surface area contributed by atoms with Crippen molar-refractivity contribution in [3.05, 3.63) is 0 Å². The van der Waals surface area contributed by atoms with E-state index in [1.165, 1.54) is 25.7 Å². The number of hydrogen-bond donors (Lipinski definition) is 2. The topological polar surface area (TPSA) is 32.3 Å². The van der Waals surface area contributed by atoms with E-state index in [1.807, 2.05) is 11.8 Å². The van der Waals surface area contributed by atoms with Gasteiger partial charge in [0.15, 0.2) is 0 Å². The molecule has 0 bridgehead atoms. The predicted octanol–water partition coefficient (Wildman–Crippen LogP) is 2.66. The highest BCUT2D eigenvalue weighted by Crippen LogP contribution is 2.27. The number of rotatable bonds is 6. The number of aliphatic hydroxyl groups is 1. The lowest BCUT2D eigenvalue weighted by Gasteiger charge is -2.32. The van der Waals surface area contributed by atoms with Crippen LogP contribution in [-0.4, -0.2) is 35.8 Å². The molecule has 0 spiro atoms. The third kappa shape index (κ3) is 4.27. The van der Waals surface area contributed by atoms with Gasteiger partial charge in [-0.25, -0.2) is 0 Å². The lowest BCUT2D eigenvalue weighted by Crippen LogP contribution is -2.41. The molecule has 1 fully saturated rings. The molecule has 2 N–H and O–H groups in total. The average molecular weight is 245 g/mol. The molecule has 0 aromatic rings. The summed E-state index contributed by atoms with van der Waals surface area (Å²) in [4.78, 5) is 0. The van der Waals surface area contributed by atoms with Gasteiger partial charge < -0.3 is 10.4 Å². The highest BCUT2D eigenvalue weighted by molar-refractivity contribution is 7.99. The van der Waals surface area contributed by atoms with Crippen LogP contribution in [-0.2, 0) is 0 Å². The minimum absolute atomic E-state index is 0.0658. The summed E-state index contributed by atoms with van der Waals surface area (Å²) < 4.78 is 0. The van der Waals surface area contributed by atoms with Crippen molar-refractivity contribution in [2.45, 2.75) is 57.2 Å². The van der Waals surface area contributed by atoms with Crippen LogP contribution in [0.15, 0.2) is 0 Å². The largest absolute Gasteiger partial charge is 0.396 e. The summed E-state index contributed by atoms with van der Waals surface area (Å²) in [6.45, 7) is 5.56. The predicted molar refractivity (Wildman–Crippen MR) is 73.0 cm³/mol. The van der Waals surface area contributed by atoms with Crippen molar-refractivity contribution >= 4 is 11.8 Å². The van der Waals surface area contributed by atoms with Crippen LogP contribution >= 0.6 is 11.8 Å². The van der Waals surface area contributed by atoms with Crippen LogP contribution in [0, 0.1) is 5.41 Å². The Labute approximate surface area is 105 Å². The second-order valence-corrected chi connectivity index (χ2v) is 6.55. The maximum absolute atomic E-state index is 9.35. The molecule has 1 aliphatic carbocycles. The van der Waals surface area contributed by atoms with Crippen molar-refractivity contribution in [2.24, 2.45) is 5.41 Å². The molecule has 1 atom stereocenters. The van der Waals surface area contributed by atoms with E-state index in [0.717, 1.165) is 18.2 Å². The fraction of sp³-hybridized carbons (Fsp3) is 1.00. The zero-order valence-corrected chi connectivity index (χ0v) is 11.8. The van der Waals surface area contributed by atoms with Crippen molar-refractivity contribution < 1.29 is 5.11 Å². The number of aliphatic hydroxyl groups excluding tert-OH is 1. The lowest BCUT2D eigenvalue weighted by molar-refractivity contribution is 0.129. The molecule has 1 unspecified atom stereocenters. The van der Waals surface area contributed by atoms with Gasteiger partial charge in [0.1, 0.15) is 0 Å². The summed E-state index contributed by atoms with van der Waals surface area (Å²) in [6, 6.07) is 0.681. The molecule has 0 aromatic carbocycles. The Morgan fingerprint density at radius 3 is 2.38 bits per heavy atom. The van der Waals surface area contributed by atoms with E-state index in [-0.39, 0.29) is 12.0 Å². The first-order chi connectivity index (χ1) is 7.63. The molecular formula is C13H27NOS. The number of thioether (sulfide) groups is 1. The molecule has 0 saturated heterocycles. The van der Waals surface area contributed by atoms with E-state index in [2.05, 4.69) is 25.4 Å². The second kappa shape index (κ2) is 6.87. The molecule has 0 aliphatic heterocycles. The van der Waals surface area contributed by atoms with Crippen LogP contribution in [0.5, 0.6) is 0 Å². The minimum atomic E-state index is 0.0658. The fourth-order valence-corrected chi connectivity index (χ4v) is 2.93. The van der Waals surface area contributed by atoms with E-state index in [4.69, 9.17) is 0 Å². The quantitative estimate of drug-likeness (QED) is 0.754. The van der Waals surface area contributed by atoms with Crippen molar-refractivity contribution in [3.63, 3.8) is 0 Å². The third-order valence-corrected chi connectivity index (χ3v) is 5.20. The van der Waals surface area contributed by atoms with Gasteiger partial charge in [0, 0.05) is 29.9 Å². The van der Waals surface area contributed by atoms with E-state index >= 15 is 0 Å². The van der Waals surface area contributed by atoms with Gasteiger partial charge in [0.05, 0.1) is 0 Å². The Kier molecular flexibility index (Phi) is 6.16. The van der Waals surface area contributed by atoms with Crippen LogP contribution in [0.1, 0.15) is 46.0 Å². The average Bonchev–Trinajstić information content (AvgIpc) is 2.36. The molecule has 96 valence electrons. The second-order valence-electron chi connectivity index (χ2n) is 5.41. The molecule has 1 aliphatic rings. The molecule has 16 heavy (non-hydrogen) atoms. The van der Waals surface area contributed by atoms with E-state index in [1.54, 1.807) is 0 Å². The highest BCUT2D eigenvalue weighted by Gasteiger charge is 2.24. The molecule has 1 rings (SSSR count). The molecular weight excluding hydrogens is 218 g/mol. The lowest BCUT2D eigenvalue weighted by atomic mass is 9.87. The Hall–Kier alpha value is 0.270. The van der Waals surface area contributed by atoms with Crippen LogP contribution in [0.3, 0.4) is 0 Å². The van der Waals surface area contributed by atoms with Gasteiger partial charge in [-0.15, -0.1) is 0 Å². The summed E-state index contributed by atoms with van der Waals surface area (Å²) in [5.41, 5.74) is 0.0658. The summed E-state index contributed by atoms with van der Waals surface area (Å²) in [5, 5.41) is 13.9. The standard InChI is InChI=1S/C13H27NOS/c1-4-13(2,10-15)9-14-11-5-7-12(16-3)8-6-11/h11-12,14-15H,4-10H2,1-3H3. The van der Waals surface area contributed by atoms with Crippen LogP contribution in [0.25, 0.3) is 0 Å². The normalized spacial score (nSPS) is 30.0. The van der Waals surface area contributed by atoms with Crippen molar-refractivity contribution in [1.82, 2.24) is 5.32 Å². The zero-order chi connectivity index (χ0) is 12.0. The Balaban J connectivity index is 2.24. The molecule has 1 saturated carbocycles. The molecule has 0 amide bonds. The van der Waals surface area contributed by atoms with Gasteiger partial charge in [-0.2, -0.15) is 11.8 Å². The fourth-order valence-electron chi connectivity index (χ4n) is 2.19. The SMILES string of the molecule is CCC(C)(CO)CNC1CCC(SC)CC1. The number of nitrogens with one attached hydrogen (secondary N) is 1. The van der Waals surface area contributed by atoms with E-state index in [9.17, 15) is 5.11 Å². The summed E-state index contributed by atoms with van der Waals surface area (Å²) >= 11 is 2.01. The zero-order valence-electron chi connectivity index (χ0n) is 11.0. The minimum Gasteiger partial charge on any atom is -0.396 e. The highest BCUT2D eigenvalue weighted by atomic mass is 32.2. The maximum Gasteiger partial charge on any atom is 0.0496 e. The van der Waals surface area contributed by atoms with Crippen molar-refractivity contribution in [1.29, 1.82) is 0 Å². The van der Waals surface area contributed by atoms with Gasteiger partial charge >= 0.3 is 0 Å². The summed E-state index contributed by atoms with van der Waals surface area (Å²) in [5.74, 6) is 0. The van der Waals surface area contributed by atoms with Crippen molar-refractivity contribution in [2.75, 3.05) is 19.4 Å². The first-order valence-electron chi connectivity index (χ1n) is 6.50. The first kappa shape index (κ1) is 14.3. The van der Waals surface area contributed by atoms with Gasteiger partial charge in [0.2, 0.25) is 0 Å². The van der Waals surface area contributed by atoms with Crippen LogP contribution in [0.2, 0.25) is 0 Å².